The van der Waals surface area contributed by atoms with Gasteiger partial charge in [-0.1, -0.05) is 67.3 Å². The van der Waals surface area contributed by atoms with E-state index in [2.05, 4.69) is 82.3 Å². The van der Waals surface area contributed by atoms with Gasteiger partial charge in [0, 0.05) is 73.5 Å². The molecule has 13 nitrogen and oxygen atoms in total. The Hall–Kier alpha value is -5.46. The number of aromatic amines is 1. The summed E-state index contributed by atoms with van der Waals surface area (Å²) < 4.78 is 5.58. The van der Waals surface area contributed by atoms with Gasteiger partial charge < -0.3 is 56.9 Å². The van der Waals surface area contributed by atoms with Crippen LogP contribution in [0.25, 0.3) is 10.8 Å². The van der Waals surface area contributed by atoms with Gasteiger partial charge in [0.25, 0.3) is 0 Å². The summed E-state index contributed by atoms with van der Waals surface area (Å²) in [6.45, 7) is 5.28. The Morgan fingerprint density at radius 2 is 1.81 bits per heavy atom. The number of benzene rings is 3. The van der Waals surface area contributed by atoms with Crippen LogP contribution in [0.15, 0.2) is 84.3 Å². The van der Waals surface area contributed by atoms with E-state index in [4.69, 9.17) is 10.5 Å². The van der Waals surface area contributed by atoms with Crippen LogP contribution in [-0.2, 0) is 22.4 Å². The minimum atomic E-state index is -1.36. The summed E-state index contributed by atoms with van der Waals surface area (Å²) >= 11 is 0. The number of carbonyl (C=O) groups is 2. The number of allylic oxidation sites excluding steroid dienone is 2. The van der Waals surface area contributed by atoms with Crippen molar-refractivity contribution in [3.05, 3.63) is 118 Å². The van der Waals surface area contributed by atoms with Crippen molar-refractivity contribution in [2.24, 2.45) is 58.5 Å². The van der Waals surface area contributed by atoms with E-state index in [1.807, 2.05) is 18.2 Å². The monoisotopic (exact) mass is 1050 g/mol. The summed E-state index contributed by atoms with van der Waals surface area (Å²) in [5.41, 5.74) is 12.4. The van der Waals surface area contributed by atoms with Gasteiger partial charge in [0.15, 0.2) is 17.3 Å². The van der Waals surface area contributed by atoms with Crippen LogP contribution >= 0.6 is 0 Å². The molecule has 1 saturated heterocycles. The molecule has 77 heavy (non-hydrogen) atoms. The fourth-order valence-electron chi connectivity index (χ4n) is 17.4. The number of fused-ring (bicyclic) bond motifs is 3. The van der Waals surface area contributed by atoms with Gasteiger partial charge in [0.05, 0.1) is 31.2 Å². The Kier molecular flexibility index (Phi) is 14.5. The van der Waals surface area contributed by atoms with E-state index in [9.17, 15) is 30.3 Å². The normalized spacial score (nSPS) is 34.1. The van der Waals surface area contributed by atoms with E-state index in [1.54, 1.807) is 12.1 Å². The van der Waals surface area contributed by atoms with E-state index in [0.717, 1.165) is 66.4 Å². The summed E-state index contributed by atoms with van der Waals surface area (Å²) in [6.07, 6.45) is 8.82. The number of H-pyrrole nitrogens is 1. The Morgan fingerprint density at radius 3 is 2.60 bits per heavy atom. The van der Waals surface area contributed by atoms with E-state index in [-0.39, 0.29) is 96.5 Å². The lowest BCUT2D eigenvalue weighted by Crippen LogP contribution is -2.67. The second-order valence-corrected chi connectivity index (χ2v) is 24.4. The molecule has 6 aliphatic carbocycles. The summed E-state index contributed by atoms with van der Waals surface area (Å²) in [4.78, 5) is 32.8. The number of aliphatic hydroxyl groups excluding tert-OH is 4. The van der Waals surface area contributed by atoms with Gasteiger partial charge in [-0.15, -0.1) is 0 Å². The maximum Gasteiger partial charge on any atom is 0.160 e. The molecule has 17 atom stereocenters. The predicted octanol–water partition coefficient (Wildman–Crippen LogP) is 6.73. The highest BCUT2D eigenvalue weighted by Crippen LogP contribution is 2.68. The maximum absolute atomic E-state index is 15.1. The van der Waals surface area contributed by atoms with E-state index in [0.29, 0.717) is 80.0 Å². The smallest absolute Gasteiger partial charge is 0.160 e. The van der Waals surface area contributed by atoms with Crippen molar-refractivity contribution in [2.45, 2.75) is 132 Å². The van der Waals surface area contributed by atoms with Crippen molar-refractivity contribution in [3.8, 4) is 23.3 Å². The molecular formula is C64H79N5O8. The third-order valence-electron chi connectivity index (χ3n) is 20.8. The van der Waals surface area contributed by atoms with Crippen LogP contribution in [0.4, 0.5) is 0 Å². The topological polar surface area (TPSA) is 222 Å². The SMILES string of the molecule is CCNCC1C2c3[nH]cc4c3C3C(CC4)C(=O)CC4NCC(C(CCCO)C1C1CCC5(C#CC(CC(O)C(O)CC(C6=CCNC(N)=C6)c6ccc7ccccc7c6)c6cc(O)c(OC)cc6CCC5=O)C(O)C1)C2C43. The molecule has 11 N–H and O–H groups in total. The lowest BCUT2D eigenvalue weighted by atomic mass is 9.41. The maximum atomic E-state index is 15.1. The Morgan fingerprint density at radius 1 is 0.961 bits per heavy atom. The number of hydrogen-bond acceptors (Lipinski definition) is 12. The molecule has 4 aromatic rings. The van der Waals surface area contributed by atoms with E-state index >= 15 is 4.79 Å². The molecule has 12 rings (SSSR count). The molecule has 17 unspecified atom stereocenters. The Balaban J connectivity index is 0.868. The number of nitrogens with one attached hydrogen (secondary N) is 4. The summed E-state index contributed by atoms with van der Waals surface area (Å²) in [7, 11) is 1.49. The lowest BCUT2D eigenvalue weighted by Gasteiger charge is -2.65. The number of aromatic nitrogens is 1. The summed E-state index contributed by atoms with van der Waals surface area (Å²) in [6, 6.07) is 18.0. The number of rotatable bonds is 15. The molecule has 13 heteroatoms. The highest BCUT2D eigenvalue weighted by molar-refractivity contribution is 5.89. The first-order valence-corrected chi connectivity index (χ1v) is 29.1. The largest absolute Gasteiger partial charge is 0.504 e. The number of ether oxygens (including phenoxy) is 1. The summed E-state index contributed by atoms with van der Waals surface area (Å²) in [5, 5.41) is 72.2. The second kappa shape index (κ2) is 21.3. The first kappa shape index (κ1) is 52.3. The minimum Gasteiger partial charge on any atom is -0.504 e. The molecule has 8 aliphatic rings. The number of piperidine rings is 1. The number of ketones is 2. The van der Waals surface area contributed by atoms with Crippen molar-refractivity contribution < 1.29 is 39.9 Å². The zero-order chi connectivity index (χ0) is 53.3. The van der Waals surface area contributed by atoms with Crippen LogP contribution in [0.1, 0.15) is 128 Å². The van der Waals surface area contributed by atoms with Gasteiger partial charge in [-0.05, 0) is 188 Å². The van der Waals surface area contributed by atoms with Gasteiger partial charge in [-0.25, -0.2) is 0 Å². The van der Waals surface area contributed by atoms with Gasteiger partial charge >= 0.3 is 0 Å². The van der Waals surface area contributed by atoms with E-state index < -0.39 is 29.6 Å². The van der Waals surface area contributed by atoms with Crippen molar-refractivity contribution in [1.29, 1.82) is 0 Å². The average molecular weight is 1050 g/mol. The molecule has 3 aromatic carbocycles. The van der Waals surface area contributed by atoms with Gasteiger partial charge in [-0.2, -0.15) is 0 Å². The quantitative estimate of drug-likeness (QED) is 0.0561. The van der Waals surface area contributed by atoms with Crippen molar-refractivity contribution in [2.75, 3.05) is 39.9 Å². The first-order chi connectivity index (χ1) is 37.4. The number of aryl methyl sites for hydroxylation is 2. The summed E-state index contributed by atoms with van der Waals surface area (Å²) in [5.74, 6) is 9.33. The molecule has 3 saturated carbocycles. The van der Waals surface area contributed by atoms with Crippen molar-refractivity contribution in [3.63, 3.8) is 0 Å². The number of carbonyl (C=O) groups excluding carboxylic acids is 2. The Bertz CT molecular complexity index is 3030. The second-order valence-electron chi connectivity index (χ2n) is 24.4. The van der Waals surface area contributed by atoms with Crippen LogP contribution in [0, 0.1) is 64.6 Å². The number of phenolic OH excluding ortho intramolecular Hbond substituents is 1. The number of phenols is 1. The number of dihydropyridines is 1. The number of nitrogens with two attached hydrogens (primary N) is 1. The van der Waals surface area contributed by atoms with Crippen LogP contribution in [0.5, 0.6) is 11.5 Å². The number of aliphatic hydroxyl groups is 4. The molecule has 0 radical (unpaired) electrons. The van der Waals surface area contributed by atoms with Crippen molar-refractivity contribution in [1.82, 2.24) is 20.9 Å². The zero-order valence-electron chi connectivity index (χ0n) is 44.7. The third-order valence-corrected chi connectivity index (χ3v) is 20.8. The van der Waals surface area contributed by atoms with Gasteiger partial charge in [0.2, 0.25) is 0 Å². The minimum absolute atomic E-state index is 0.0116. The number of aromatic hydroxyl groups is 1. The van der Waals surface area contributed by atoms with Crippen LogP contribution < -0.4 is 26.4 Å². The molecule has 0 amide bonds. The first-order valence-electron chi connectivity index (χ1n) is 29.1. The predicted molar refractivity (Wildman–Crippen MR) is 296 cm³/mol. The fourth-order valence-corrected chi connectivity index (χ4v) is 17.4. The zero-order valence-corrected chi connectivity index (χ0v) is 44.7. The number of methoxy groups -OCH3 is 1. The molecule has 0 bridgehead atoms. The van der Waals surface area contributed by atoms with Gasteiger partial charge in [0.1, 0.15) is 11.2 Å². The lowest BCUT2D eigenvalue weighted by molar-refractivity contribution is -0.144. The fraction of sp³-hybridized carbons (Fsp3) is 0.562. The van der Waals surface area contributed by atoms with Crippen molar-refractivity contribution >= 4 is 22.3 Å². The van der Waals surface area contributed by atoms with Crippen LogP contribution in [0.2, 0.25) is 0 Å². The molecule has 4 fully saturated rings. The highest BCUT2D eigenvalue weighted by atomic mass is 16.5. The van der Waals surface area contributed by atoms with Crippen LogP contribution in [0.3, 0.4) is 0 Å². The van der Waals surface area contributed by atoms with E-state index in [1.165, 1.54) is 23.9 Å². The standard InChI is InChI=1S/C64H79N5O8/c1-3-66-32-47-57(42(9-6-22-70)46-33-68-48-30-49(71)43-14-12-41-31-69-63-58(41)59(43)62(48)60(46)61(47)63)40-17-20-64(55(76)26-40)19-16-38(45-29-52(74)53(77-2)25-37(45)13-15-54(64)75)24-50(72)51(73)28-44(39-18-21-67-56(65)27-39)36-11-10-34-7-4-5-8-35(34)23-36/h4-5,7-8,10-11,18,23,25,27,29,31,38,40,42-44,46-48,50-51,55,57,59-62,66-70,72-74,76H,3,6,9,12-15,17,20-22,24,26,28,30,32-33,65H2,1-2H3. The number of hydrogen-bond donors (Lipinski definition) is 10. The molecule has 408 valence electrons. The molecule has 3 heterocycles. The number of Topliss-reactive ketones (excluding diaryl/α,β-unsaturated/α-hetero) is 2. The highest BCUT2D eigenvalue weighted by Gasteiger charge is 2.65. The molecule has 1 spiro atoms. The average Bonchev–Trinajstić information content (AvgIpc) is 4.17. The molecular weight excluding hydrogens is 967 g/mol. The molecule has 2 aliphatic heterocycles. The molecule has 1 aromatic heterocycles. The van der Waals surface area contributed by atoms with Gasteiger partial charge in [-0.3, -0.25) is 9.59 Å². The van der Waals surface area contributed by atoms with Crippen LogP contribution in [-0.4, -0.2) is 106 Å². The third kappa shape index (κ3) is 9.13. The Labute approximate surface area is 452 Å².